The molecule has 0 unspecified atom stereocenters. The molecule has 1 aromatic carbocycles. The van der Waals surface area contributed by atoms with Gasteiger partial charge in [-0.3, -0.25) is 0 Å². The molecular formula is C15H16O3. The van der Waals surface area contributed by atoms with Crippen molar-refractivity contribution in [3.8, 4) is 0 Å². The van der Waals surface area contributed by atoms with Crippen molar-refractivity contribution in [2.45, 2.75) is 13.5 Å². The zero-order valence-corrected chi connectivity index (χ0v) is 10.3. The predicted octanol–water partition coefficient (Wildman–Crippen LogP) is 2.84. The number of rotatable bonds is 4. The van der Waals surface area contributed by atoms with E-state index in [1.807, 2.05) is 43.3 Å². The number of carbonyl (C=O) groups excluding carboxylic acids is 1. The lowest BCUT2D eigenvalue weighted by atomic mass is 10.0. The first-order chi connectivity index (χ1) is 8.81. The van der Waals surface area contributed by atoms with E-state index in [1.54, 1.807) is 12.3 Å². The Kier molecular flexibility index (Phi) is 4.18. The van der Waals surface area contributed by atoms with Gasteiger partial charge in [0.25, 0.3) is 0 Å². The number of cyclic esters (lactones) is 1. The SMILES string of the molecule is C/C=C1\C(=O)OC[C@H]1/C=C/OCc1ccccc1. The van der Waals surface area contributed by atoms with E-state index in [9.17, 15) is 4.79 Å². The molecule has 1 aliphatic heterocycles. The summed E-state index contributed by atoms with van der Waals surface area (Å²) >= 11 is 0. The Labute approximate surface area is 107 Å². The van der Waals surface area contributed by atoms with Crippen LogP contribution in [0.15, 0.2) is 54.3 Å². The van der Waals surface area contributed by atoms with Crippen LogP contribution in [0, 0.1) is 5.92 Å². The van der Waals surface area contributed by atoms with Crippen LogP contribution in [0.5, 0.6) is 0 Å². The van der Waals surface area contributed by atoms with Gasteiger partial charge in [-0.1, -0.05) is 36.4 Å². The van der Waals surface area contributed by atoms with Gasteiger partial charge in [0.15, 0.2) is 0 Å². The minimum atomic E-state index is -0.227. The smallest absolute Gasteiger partial charge is 0.334 e. The average Bonchev–Trinajstić information content (AvgIpc) is 2.76. The number of ether oxygens (including phenoxy) is 2. The molecule has 1 aliphatic rings. The topological polar surface area (TPSA) is 35.5 Å². The third-order valence-electron chi connectivity index (χ3n) is 2.84. The van der Waals surface area contributed by atoms with Crippen LogP contribution in [-0.4, -0.2) is 12.6 Å². The van der Waals surface area contributed by atoms with E-state index in [2.05, 4.69) is 0 Å². The number of benzene rings is 1. The maximum atomic E-state index is 11.3. The van der Waals surface area contributed by atoms with Crippen molar-refractivity contribution in [3.05, 3.63) is 59.9 Å². The summed E-state index contributed by atoms with van der Waals surface area (Å²) in [5.74, 6) is -0.214. The second-order valence-corrected chi connectivity index (χ2v) is 4.07. The van der Waals surface area contributed by atoms with Crippen LogP contribution in [0.2, 0.25) is 0 Å². The molecule has 94 valence electrons. The molecule has 18 heavy (non-hydrogen) atoms. The molecule has 0 radical (unpaired) electrons. The highest BCUT2D eigenvalue weighted by Crippen LogP contribution is 2.22. The molecule has 1 fully saturated rings. The zero-order valence-electron chi connectivity index (χ0n) is 10.3. The van der Waals surface area contributed by atoms with Crippen molar-refractivity contribution >= 4 is 5.97 Å². The molecule has 0 saturated carbocycles. The van der Waals surface area contributed by atoms with Crippen LogP contribution in [0.25, 0.3) is 0 Å². The quantitative estimate of drug-likeness (QED) is 0.464. The number of allylic oxidation sites excluding steroid dienone is 1. The second kappa shape index (κ2) is 6.05. The first-order valence-corrected chi connectivity index (χ1v) is 5.97. The number of esters is 1. The second-order valence-electron chi connectivity index (χ2n) is 4.07. The van der Waals surface area contributed by atoms with Crippen molar-refractivity contribution in [2.75, 3.05) is 6.61 Å². The molecule has 2 rings (SSSR count). The molecule has 0 aliphatic carbocycles. The summed E-state index contributed by atoms with van der Waals surface area (Å²) in [5.41, 5.74) is 1.82. The van der Waals surface area contributed by atoms with Gasteiger partial charge in [-0.2, -0.15) is 0 Å². The van der Waals surface area contributed by atoms with Crippen LogP contribution in [0.3, 0.4) is 0 Å². The Balaban J connectivity index is 1.84. The van der Waals surface area contributed by atoms with E-state index < -0.39 is 0 Å². The minimum absolute atomic E-state index is 0.0123. The summed E-state index contributed by atoms with van der Waals surface area (Å²) in [6.45, 7) is 2.78. The molecule has 0 aromatic heterocycles. The molecule has 3 heteroatoms. The van der Waals surface area contributed by atoms with E-state index in [-0.39, 0.29) is 11.9 Å². The zero-order chi connectivity index (χ0) is 12.8. The fourth-order valence-electron chi connectivity index (χ4n) is 1.85. The lowest BCUT2D eigenvalue weighted by molar-refractivity contribution is -0.135. The average molecular weight is 244 g/mol. The van der Waals surface area contributed by atoms with Crippen molar-refractivity contribution in [1.29, 1.82) is 0 Å². The third kappa shape index (κ3) is 3.00. The van der Waals surface area contributed by atoms with Gasteiger partial charge in [0.1, 0.15) is 13.2 Å². The van der Waals surface area contributed by atoms with Crippen LogP contribution in [-0.2, 0) is 20.9 Å². The summed E-state index contributed by atoms with van der Waals surface area (Å²) in [4.78, 5) is 11.3. The summed E-state index contributed by atoms with van der Waals surface area (Å²) in [6, 6.07) is 9.94. The Bertz CT molecular complexity index is 460. The normalized spacial score (nSPS) is 21.5. The van der Waals surface area contributed by atoms with Gasteiger partial charge in [0, 0.05) is 11.5 Å². The highest BCUT2D eigenvalue weighted by atomic mass is 16.5. The maximum Gasteiger partial charge on any atom is 0.334 e. The van der Waals surface area contributed by atoms with Gasteiger partial charge < -0.3 is 9.47 Å². The Morgan fingerprint density at radius 3 is 2.89 bits per heavy atom. The number of hydrogen-bond donors (Lipinski definition) is 0. The Morgan fingerprint density at radius 1 is 1.39 bits per heavy atom. The van der Waals surface area contributed by atoms with E-state index in [1.165, 1.54) is 0 Å². The van der Waals surface area contributed by atoms with E-state index in [0.717, 1.165) is 5.56 Å². The molecule has 0 amide bonds. The molecule has 0 spiro atoms. The summed E-state index contributed by atoms with van der Waals surface area (Å²) in [7, 11) is 0. The minimum Gasteiger partial charge on any atom is -0.497 e. The van der Waals surface area contributed by atoms with Crippen molar-refractivity contribution in [2.24, 2.45) is 5.92 Å². The van der Waals surface area contributed by atoms with Gasteiger partial charge in [-0.15, -0.1) is 0 Å². The maximum absolute atomic E-state index is 11.3. The van der Waals surface area contributed by atoms with Crippen LogP contribution in [0.4, 0.5) is 0 Å². The first-order valence-electron chi connectivity index (χ1n) is 5.97. The van der Waals surface area contributed by atoms with Gasteiger partial charge >= 0.3 is 5.97 Å². The van der Waals surface area contributed by atoms with Crippen molar-refractivity contribution in [3.63, 3.8) is 0 Å². The Morgan fingerprint density at radius 2 is 2.17 bits per heavy atom. The van der Waals surface area contributed by atoms with Gasteiger partial charge in [0.05, 0.1) is 6.26 Å². The monoisotopic (exact) mass is 244 g/mol. The van der Waals surface area contributed by atoms with Crippen LogP contribution >= 0.6 is 0 Å². The largest absolute Gasteiger partial charge is 0.497 e. The summed E-state index contributed by atoms with van der Waals surface area (Å²) in [6.07, 6.45) is 5.30. The molecule has 0 N–H and O–H groups in total. The first kappa shape index (κ1) is 12.4. The van der Waals surface area contributed by atoms with Crippen molar-refractivity contribution in [1.82, 2.24) is 0 Å². The molecule has 1 atom stereocenters. The molecule has 1 heterocycles. The number of carbonyl (C=O) groups is 1. The van der Waals surface area contributed by atoms with Crippen molar-refractivity contribution < 1.29 is 14.3 Å². The molecule has 3 nitrogen and oxygen atoms in total. The summed E-state index contributed by atoms with van der Waals surface area (Å²) in [5, 5.41) is 0. The lowest BCUT2D eigenvalue weighted by Gasteiger charge is -2.03. The van der Waals surface area contributed by atoms with Gasteiger partial charge in [0.2, 0.25) is 0 Å². The van der Waals surface area contributed by atoms with Crippen LogP contribution in [0.1, 0.15) is 12.5 Å². The highest BCUT2D eigenvalue weighted by molar-refractivity contribution is 5.91. The fourth-order valence-corrected chi connectivity index (χ4v) is 1.85. The van der Waals surface area contributed by atoms with E-state index in [4.69, 9.17) is 9.47 Å². The number of hydrogen-bond acceptors (Lipinski definition) is 3. The molecule has 1 saturated heterocycles. The lowest BCUT2D eigenvalue weighted by Crippen LogP contribution is -1.99. The van der Waals surface area contributed by atoms with E-state index in [0.29, 0.717) is 18.8 Å². The molecule has 1 aromatic rings. The fraction of sp³-hybridized carbons (Fsp3) is 0.267. The Hall–Kier alpha value is -2.03. The standard InChI is InChI=1S/C15H16O3/c1-2-14-13(11-18-15(14)16)8-9-17-10-12-6-4-3-5-7-12/h2-9,13H,10-11H2,1H3/b9-8+,14-2-/t13-/m1/s1. The molecular weight excluding hydrogens is 228 g/mol. The van der Waals surface area contributed by atoms with Crippen LogP contribution < -0.4 is 0 Å². The van der Waals surface area contributed by atoms with Gasteiger partial charge in [-0.25, -0.2) is 4.79 Å². The van der Waals surface area contributed by atoms with Gasteiger partial charge in [-0.05, 0) is 18.6 Å². The highest BCUT2D eigenvalue weighted by Gasteiger charge is 2.27. The third-order valence-corrected chi connectivity index (χ3v) is 2.84. The molecule has 0 bridgehead atoms. The predicted molar refractivity (Wildman–Crippen MR) is 68.6 cm³/mol. The summed E-state index contributed by atoms with van der Waals surface area (Å²) < 4.78 is 10.4. The van der Waals surface area contributed by atoms with E-state index >= 15 is 0 Å².